The number of nitrogens with two attached hydrogens (primary N) is 1. The number of carbonyl (C=O) groups excluding carboxylic acids is 2. The van der Waals surface area contributed by atoms with E-state index >= 15 is 0 Å². The molecule has 9 nitrogen and oxygen atoms in total. The summed E-state index contributed by atoms with van der Waals surface area (Å²) in [5, 5.41) is 26.8. The summed E-state index contributed by atoms with van der Waals surface area (Å²) in [5.41, 5.74) is 2.17. The highest BCUT2D eigenvalue weighted by molar-refractivity contribution is 5.90. The molecule has 0 saturated carbocycles. The molecule has 41 heavy (non-hydrogen) atoms. The summed E-state index contributed by atoms with van der Waals surface area (Å²) in [7, 11) is 0. The van der Waals surface area contributed by atoms with E-state index in [1.165, 1.54) is 0 Å². The van der Waals surface area contributed by atoms with Gasteiger partial charge in [-0.15, -0.1) is 0 Å². The Morgan fingerprint density at radius 2 is 1.63 bits per heavy atom. The largest absolute Gasteiger partial charge is 0.396 e. The number of Topliss-reactive ketones (excluding diaryl/α,β-unsaturated/α-hetero) is 2. The molecule has 2 aliphatic rings. The molecular formula is C32H61N3O6. The number of hydrogen-bond acceptors (Lipinski definition) is 9. The number of ketones is 2. The lowest BCUT2D eigenvalue weighted by Crippen LogP contribution is -2.70. The molecule has 2 heterocycles. The van der Waals surface area contributed by atoms with Gasteiger partial charge in [0.25, 0.3) is 0 Å². The van der Waals surface area contributed by atoms with Gasteiger partial charge in [0.05, 0.1) is 35.7 Å². The number of carbonyl (C=O) groups is 2. The maximum atomic E-state index is 14.4. The Kier molecular flexibility index (Phi) is 10.8. The lowest BCUT2D eigenvalue weighted by Gasteiger charge is -2.56. The average molecular weight is 584 g/mol. The van der Waals surface area contributed by atoms with Gasteiger partial charge in [0.1, 0.15) is 12.0 Å². The van der Waals surface area contributed by atoms with Crippen LogP contribution in [-0.4, -0.2) is 82.2 Å². The fraction of sp³-hybridized carbons (Fsp3) is 0.938. The quantitative estimate of drug-likeness (QED) is 0.221. The number of nitrogens with one attached hydrogen (secondary N) is 2. The molecule has 0 aliphatic carbocycles. The molecular weight excluding hydrogens is 522 g/mol. The van der Waals surface area contributed by atoms with Crippen LogP contribution < -0.4 is 16.4 Å². The Labute approximate surface area is 249 Å². The van der Waals surface area contributed by atoms with Gasteiger partial charge in [0.15, 0.2) is 5.78 Å². The molecule has 2 fully saturated rings. The van der Waals surface area contributed by atoms with Gasteiger partial charge < -0.3 is 30.7 Å². The molecule has 0 radical (unpaired) electrons. The third-order valence-electron chi connectivity index (χ3n) is 10.6. The van der Waals surface area contributed by atoms with Gasteiger partial charge in [-0.05, 0) is 67.7 Å². The van der Waals surface area contributed by atoms with Gasteiger partial charge >= 0.3 is 0 Å². The summed E-state index contributed by atoms with van der Waals surface area (Å²) >= 11 is 0. The minimum absolute atomic E-state index is 0.000224. The first-order valence-electron chi connectivity index (χ1n) is 15.3. The van der Waals surface area contributed by atoms with Crippen molar-refractivity contribution in [3.8, 4) is 0 Å². The molecule has 0 aromatic carbocycles. The van der Waals surface area contributed by atoms with Crippen molar-refractivity contribution in [2.75, 3.05) is 19.8 Å². The molecule has 240 valence electrons. The van der Waals surface area contributed by atoms with Crippen LogP contribution in [-0.2, 0) is 19.1 Å². The monoisotopic (exact) mass is 583 g/mol. The van der Waals surface area contributed by atoms with Crippen LogP contribution in [0.15, 0.2) is 0 Å². The number of ether oxygens (including phenoxy) is 2. The molecule has 2 aliphatic heterocycles. The highest BCUT2D eigenvalue weighted by atomic mass is 16.5. The Morgan fingerprint density at radius 1 is 1.07 bits per heavy atom. The molecule has 2 saturated heterocycles. The van der Waals surface area contributed by atoms with Crippen molar-refractivity contribution in [3.05, 3.63) is 0 Å². The second kappa shape index (κ2) is 12.2. The number of hydrogen-bond donors (Lipinski definition) is 5. The van der Waals surface area contributed by atoms with Crippen molar-refractivity contribution >= 4 is 11.6 Å². The maximum Gasteiger partial charge on any atom is 0.150 e. The molecule has 0 aromatic heterocycles. The SMILES string of the molecule is CC(CO)CC(C)(C)NC(C)(C)C(CN)C(=O)C(C)(C)C(C)(C)NC1OC(CO)CC2OC(C)(C)C(C)(C)C(=O)C21. The highest BCUT2D eigenvalue weighted by Crippen LogP contribution is 2.48. The number of aliphatic hydroxyl groups excluding tert-OH is 2. The number of rotatable bonds is 13. The zero-order chi connectivity index (χ0) is 32.0. The van der Waals surface area contributed by atoms with Crippen LogP contribution in [0, 0.1) is 28.6 Å². The molecule has 0 amide bonds. The second-order valence-corrected chi connectivity index (χ2v) is 16.0. The van der Waals surface area contributed by atoms with E-state index < -0.39 is 57.8 Å². The van der Waals surface area contributed by atoms with Gasteiger partial charge in [-0.1, -0.05) is 34.6 Å². The molecule has 6 atom stereocenters. The third-order valence-corrected chi connectivity index (χ3v) is 10.6. The fourth-order valence-corrected chi connectivity index (χ4v) is 6.81. The summed E-state index contributed by atoms with van der Waals surface area (Å²) in [6.45, 7) is 25.7. The van der Waals surface area contributed by atoms with Gasteiger partial charge in [0.2, 0.25) is 0 Å². The van der Waals surface area contributed by atoms with Gasteiger partial charge in [-0.3, -0.25) is 14.9 Å². The highest BCUT2D eigenvalue weighted by Gasteiger charge is 2.60. The van der Waals surface area contributed by atoms with Crippen molar-refractivity contribution in [2.24, 2.45) is 34.3 Å². The zero-order valence-electron chi connectivity index (χ0n) is 28.1. The minimum atomic E-state index is -0.920. The Bertz CT molecular complexity index is 942. The predicted octanol–water partition coefficient (Wildman–Crippen LogP) is 3.19. The number of fused-ring (bicyclic) bond motifs is 1. The summed E-state index contributed by atoms with van der Waals surface area (Å²) in [4.78, 5) is 28.3. The van der Waals surface area contributed by atoms with Gasteiger partial charge in [-0.25, -0.2) is 0 Å². The molecule has 2 rings (SSSR count). The first kappa shape index (κ1) is 36.3. The van der Waals surface area contributed by atoms with Crippen molar-refractivity contribution in [1.29, 1.82) is 0 Å². The van der Waals surface area contributed by atoms with Crippen molar-refractivity contribution < 1.29 is 29.3 Å². The third kappa shape index (κ3) is 7.24. The van der Waals surface area contributed by atoms with E-state index in [1.54, 1.807) is 0 Å². The lowest BCUT2D eigenvalue weighted by molar-refractivity contribution is -0.250. The van der Waals surface area contributed by atoms with E-state index in [0.717, 1.165) is 6.42 Å². The van der Waals surface area contributed by atoms with E-state index in [0.29, 0.717) is 6.42 Å². The molecule has 6 unspecified atom stereocenters. The van der Waals surface area contributed by atoms with Crippen LogP contribution >= 0.6 is 0 Å². The Morgan fingerprint density at radius 3 is 2.12 bits per heavy atom. The molecule has 0 bridgehead atoms. The molecule has 6 N–H and O–H groups in total. The van der Waals surface area contributed by atoms with E-state index in [9.17, 15) is 19.8 Å². The summed E-state index contributed by atoms with van der Waals surface area (Å²) in [5.74, 6) is -0.920. The summed E-state index contributed by atoms with van der Waals surface area (Å²) in [6.07, 6.45) is -0.473. The molecule has 9 heteroatoms. The maximum absolute atomic E-state index is 14.4. The summed E-state index contributed by atoms with van der Waals surface area (Å²) in [6, 6.07) is 0. The molecule has 0 aromatic rings. The number of aliphatic hydroxyl groups is 2. The van der Waals surface area contributed by atoms with Crippen LogP contribution in [0.3, 0.4) is 0 Å². The standard InChI is InChI=1S/C32H61N3O6/c1-19(17-36)15-27(2,3)35-30(8,9)21(16-33)24(38)28(4,5)31(10,11)34-26-23-22(14-20(18-37)40-26)41-32(12,13)29(6,7)25(23)39/h19-23,26,34-37H,14-18,33H2,1-13H3. The Balaban J connectivity index is 2.37. The van der Waals surface area contributed by atoms with Gasteiger partial charge in [0, 0.05) is 47.5 Å². The predicted molar refractivity (Wildman–Crippen MR) is 162 cm³/mol. The Hall–Kier alpha value is -0.940. The average Bonchev–Trinajstić information content (AvgIpc) is 2.80. The van der Waals surface area contributed by atoms with Crippen LogP contribution in [0.5, 0.6) is 0 Å². The first-order valence-corrected chi connectivity index (χ1v) is 15.3. The van der Waals surface area contributed by atoms with Crippen LogP contribution in [0.2, 0.25) is 0 Å². The van der Waals surface area contributed by atoms with Crippen molar-refractivity contribution in [1.82, 2.24) is 10.6 Å². The van der Waals surface area contributed by atoms with Crippen LogP contribution in [0.4, 0.5) is 0 Å². The van der Waals surface area contributed by atoms with E-state index in [2.05, 4.69) is 24.5 Å². The lowest BCUT2D eigenvalue weighted by atomic mass is 9.63. The second-order valence-electron chi connectivity index (χ2n) is 16.0. The van der Waals surface area contributed by atoms with Crippen molar-refractivity contribution in [3.63, 3.8) is 0 Å². The zero-order valence-corrected chi connectivity index (χ0v) is 28.1. The normalized spacial score (nSPS) is 28.6. The smallest absolute Gasteiger partial charge is 0.150 e. The van der Waals surface area contributed by atoms with Crippen LogP contribution in [0.1, 0.15) is 103 Å². The van der Waals surface area contributed by atoms with E-state index in [1.807, 2.05) is 76.2 Å². The minimum Gasteiger partial charge on any atom is -0.396 e. The first-order chi connectivity index (χ1) is 18.4. The van der Waals surface area contributed by atoms with E-state index in [4.69, 9.17) is 15.2 Å². The van der Waals surface area contributed by atoms with Crippen molar-refractivity contribution in [2.45, 2.75) is 144 Å². The molecule has 0 spiro atoms. The van der Waals surface area contributed by atoms with E-state index in [-0.39, 0.29) is 42.8 Å². The van der Waals surface area contributed by atoms with Gasteiger partial charge in [-0.2, -0.15) is 0 Å². The fourth-order valence-electron chi connectivity index (χ4n) is 6.81. The summed E-state index contributed by atoms with van der Waals surface area (Å²) < 4.78 is 12.8. The van der Waals surface area contributed by atoms with Crippen LogP contribution in [0.25, 0.3) is 0 Å². The topological polar surface area (TPSA) is 143 Å².